The van der Waals surface area contributed by atoms with Gasteiger partial charge in [0.15, 0.2) is 6.04 Å². The molecule has 0 aliphatic carbocycles. The van der Waals surface area contributed by atoms with Gasteiger partial charge in [0.1, 0.15) is 5.52 Å². The van der Waals surface area contributed by atoms with Crippen LogP contribution in [0.5, 0.6) is 0 Å². The summed E-state index contributed by atoms with van der Waals surface area (Å²) in [6, 6.07) is 20.9. The molecule has 2 N–H and O–H groups in total. The minimum absolute atomic E-state index is 0.195. The first-order chi connectivity index (χ1) is 15.1. The summed E-state index contributed by atoms with van der Waals surface area (Å²) in [6.07, 6.45) is 0. The van der Waals surface area contributed by atoms with E-state index in [1.807, 2.05) is 36.4 Å². The molecule has 0 aliphatic rings. The molecule has 0 radical (unpaired) electrons. The Labute approximate surface area is 184 Å². The molecule has 4 aromatic rings. The van der Waals surface area contributed by atoms with Gasteiger partial charge in [-0.25, -0.2) is 4.68 Å². The first kappa shape index (κ1) is 20.6. The van der Waals surface area contributed by atoms with E-state index in [1.54, 1.807) is 48.1 Å². The van der Waals surface area contributed by atoms with Gasteiger partial charge in [-0.15, -0.1) is 5.10 Å². The summed E-state index contributed by atoms with van der Waals surface area (Å²) in [5, 5.41) is 14.6. The number of para-hydroxylation sites is 1. The van der Waals surface area contributed by atoms with Crippen LogP contribution in [0.4, 0.5) is 0 Å². The van der Waals surface area contributed by atoms with Crippen LogP contribution in [0.2, 0.25) is 5.02 Å². The van der Waals surface area contributed by atoms with Crippen LogP contribution in [0.3, 0.4) is 0 Å². The molecule has 8 heteroatoms. The monoisotopic (exact) mass is 433 g/mol. The number of hydrogen-bond acceptors (Lipinski definition) is 4. The van der Waals surface area contributed by atoms with E-state index in [2.05, 4.69) is 20.9 Å². The van der Waals surface area contributed by atoms with Crippen LogP contribution < -0.4 is 10.6 Å². The molecule has 1 heterocycles. The zero-order valence-electron chi connectivity index (χ0n) is 16.7. The van der Waals surface area contributed by atoms with Crippen molar-refractivity contribution in [3.63, 3.8) is 0 Å². The number of nitrogens with zero attached hydrogens (tertiary/aromatic N) is 3. The quantitative estimate of drug-likeness (QED) is 0.488. The molecule has 3 aromatic carbocycles. The van der Waals surface area contributed by atoms with E-state index in [1.165, 1.54) is 0 Å². The molecule has 31 heavy (non-hydrogen) atoms. The Morgan fingerprint density at radius 2 is 1.81 bits per heavy atom. The Bertz CT molecular complexity index is 1240. The van der Waals surface area contributed by atoms with Gasteiger partial charge in [-0.05, 0) is 47.5 Å². The third-order valence-electron chi connectivity index (χ3n) is 4.94. The van der Waals surface area contributed by atoms with Crippen molar-refractivity contribution in [1.82, 2.24) is 25.6 Å². The van der Waals surface area contributed by atoms with E-state index in [4.69, 9.17) is 11.6 Å². The molecule has 0 saturated carbocycles. The zero-order chi connectivity index (χ0) is 21.8. The summed E-state index contributed by atoms with van der Waals surface area (Å²) >= 11 is 6.05. The van der Waals surface area contributed by atoms with Crippen LogP contribution in [-0.2, 0) is 11.3 Å². The fourth-order valence-corrected chi connectivity index (χ4v) is 3.59. The van der Waals surface area contributed by atoms with E-state index in [-0.39, 0.29) is 11.8 Å². The number of nitrogens with one attached hydrogen (secondary N) is 2. The molecule has 0 spiro atoms. The van der Waals surface area contributed by atoms with Gasteiger partial charge < -0.3 is 10.6 Å². The number of carbonyl (C=O) groups excluding carboxylic acids is 2. The van der Waals surface area contributed by atoms with Crippen molar-refractivity contribution < 1.29 is 9.59 Å². The predicted molar refractivity (Wildman–Crippen MR) is 119 cm³/mol. The number of carbonyl (C=O) groups is 2. The molecule has 0 bridgehead atoms. The van der Waals surface area contributed by atoms with Gasteiger partial charge in [-0.1, -0.05) is 53.2 Å². The molecule has 156 valence electrons. The SMILES string of the molecule is CNC(=O)c1ccc(C(C(=O)NCc2cccc(Cl)c2)n2nnc3ccccc32)cc1. The second-order valence-electron chi connectivity index (χ2n) is 6.97. The summed E-state index contributed by atoms with van der Waals surface area (Å²) in [6.45, 7) is 0.318. The molecule has 0 fully saturated rings. The van der Waals surface area contributed by atoms with Crippen molar-refractivity contribution in [2.24, 2.45) is 0 Å². The number of benzene rings is 3. The first-order valence-electron chi connectivity index (χ1n) is 9.71. The maximum Gasteiger partial charge on any atom is 0.251 e. The fourth-order valence-electron chi connectivity index (χ4n) is 3.38. The van der Waals surface area contributed by atoms with E-state index < -0.39 is 6.04 Å². The summed E-state index contributed by atoms with van der Waals surface area (Å²) < 4.78 is 1.59. The Hall–Kier alpha value is -3.71. The van der Waals surface area contributed by atoms with Crippen LogP contribution in [0, 0.1) is 0 Å². The number of amides is 2. The Morgan fingerprint density at radius 3 is 2.55 bits per heavy atom. The Balaban J connectivity index is 1.68. The molecule has 1 atom stereocenters. The van der Waals surface area contributed by atoms with Gasteiger partial charge >= 0.3 is 0 Å². The van der Waals surface area contributed by atoms with Crippen molar-refractivity contribution in [2.75, 3.05) is 7.05 Å². The molecule has 0 saturated heterocycles. The highest BCUT2D eigenvalue weighted by Gasteiger charge is 2.26. The lowest BCUT2D eigenvalue weighted by Gasteiger charge is -2.18. The normalized spacial score (nSPS) is 11.8. The van der Waals surface area contributed by atoms with E-state index in [9.17, 15) is 9.59 Å². The standard InChI is InChI=1S/C23H20ClN5O2/c1-25-22(30)17-11-9-16(10-12-17)21(29-20-8-3-2-7-19(20)27-28-29)23(31)26-14-15-5-4-6-18(24)13-15/h2-13,21H,14H2,1H3,(H,25,30)(H,26,31). The molecular weight excluding hydrogens is 414 g/mol. The van der Waals surface area contributed by atoms with Crippen molar-refractivity contribution in [3.8, 4) is 0 Å². The van der Waals surface area contributed by atoms with Crippen LogP contribution in [0.1, 0.15) is 27.5 Å². The van der Waals surface area contributed by atoms with Gasteiger partial charge in [-0.2, -0.15) is 0 Å². The summed E-state index contributed by atoms with van der Waals surface area (Å²) in [5.74, 6) is -0.442. The van der Waals surface area contributed by atoms with Gasteiger partial charge in [0, 0.05) is 24.2 Å². The molecule has 0 aliphatic heterocycles. The van der Waals surface area contributed by atoms with Crippen LogP contribution in [0.25, 0.3) is 11.0 Å². The lowest BCUT2D eigenvalue weighted by atomic mass is 10.0. The number of fused-ring (bicyclic) bond motifs is 1. The van der Waals surface area contributed by atoms with Gasteiger partial charge in [0.05, 0.1) is 5.52 Å². The minimum atomic E-state index is -0.759. The molecular formula is C23H20ClN5O2. The molecule has 2 amide bonds. The number of hydrogen-bond donors (Lipinski definition) is 2. The average Bonchev–Trinajstić information content (AvgIpc) is 3.22. The fraction of sp³-hybridized carbons (Fsp3) is 0.130. The highest BCUT2D eigenvalue weighted by Crippen LogP contribution is 2.23. The second kappa shape index (κ2) is 8.97. The average molecular weight is 434 g/mol. The smallest absolute Gasteiger partial charge is 0.251 e. The second-order valence-corrected chi connectivity index (χ2v) is 7.41. The van der Waals surface area contributed by atoms with Crippen LogP contribution in [0.15, 0.2) is 72.8 Å². The summed E-state index contributed by atoms with van der Waals surface area (Å²) in [5.41, 5.74) is 3.51. The van der Waals surface area contributed by atoms with Crippen molar-refractivity contribution >= 4 is 34.4 Å². The number of halogens is 1. The third-order valence-corrected chi connectivity index (χ3v) is 5.18. The highest BCUT2D eigenvalue weighted by molar-refractivity contribution is 6.30. The maximum absolute atomic E-state index is 13.3. The predicted octanol–water partition coefficient (Wildman–Crippen LogP) is 3.35. The van der Waals surface area contributed by atoms with Gasteiger partial charge in [0.25, 0.3) is 5.91 Å². The van der Waals surface area contributed by atoms with Crippen LogP contribution in [-0.4, -0.2) is 33.9 Å². The maximum atomic E-state index is 13.3. The minimum Gasteiger partial charge on any atom is -0.355 e. The topological polar surface area (TPSA) is 88.9 Å². The largest absolute Gasteiger partial charge is 0.355 e. The lowest BCUT2D eigenvalue weighted by molar-refractivity contribution is -0.123. The summed E-state index contributed by atoms with van der Waals surface area (Å²) in [4.78, 5) is 25.2. The van der Waals surface area contributed by atoms with Gasteiger partial charge in [-0.3, -0.25) is 9.59 Å². The van der Waals surface area contributed by atoms with Gasteiger partial charge in [0.2, 0.25) is 5.91 Å². The lowest BCUT2D eigenvalue weighted by Crippen LogP contribution is -2.33. The van der Waals surface area contributed by atoms with E-state index in [0.29, 0.717) is 28.2 Å². The molecule has 7 nitrogen and oxygen atoms in total. The Kier molecular flexibility index (Phi) is 5.95. The third kappa shape index (κ3) is 4.41. The van der Waals surface area contributed by atoms with Crippen LogP contribution >= 0.6 is 11.6 Å². The highest BCUT2D eigenvalue weighted by atomic mass is 35.5. The first-order valence-corrected chi connectivity index (χ1v) is 10.1. The van der Waals surface area contributed by atoms with Crippen molar-refractivity contribution in [3.05, 3.63) is 94.5 Å². The molecule has 1 unspecified atom stereocenters. The molecule has 1 aromatic heterocycles. The molecule has 4 rings (SSSR count). The number of aromatic nitrogens is 3. The Morgan fingerprint density at radius 1 is 1.03 bits per heavy atom. The van der Waals surface area contributed by atoms with Crippen molar-refractivity contribution in [2.45, 2.75) is 12.6 Å². The van der Waals surface area contributed by atoms with E-state index in [0.717, 1.165) is 11.1 Å². The summed E-state index contributed by atoms with van der Waals surface area (Å²) in [7, 11) is 1.57. The van der Waals surface area contributed by atoms with Crippen molar-refractivity contribution in [1.29, 1.82) is 0 Å². The zero-order valence-corrected chi connectivity index (χ0v) is 17.5. The van der Waals surface area contributed by atoms with E-state index >= 15 is 0 Å². The number of rotatable bonds is 6.